The van der Waals surface area contributed by atoms with Gasteiger partial charge in [-0.1, -0.05) is 34.6 Å². The predicted molar refractivity (Wildman–Crippen MR) is 435 cm³/mol. The first-order chi connectivity index (χ1) is 60.0. The molecule has 44 nitrogen and oxygen atoms in total. The molecule has 0 bridgehead atoms. The van der Waals surface area contributed by atoms with Gasteiger partial charge in [0.05, 0.1) is 124 Å². The van der Waals surface area contributed by atoms with Crippen LogP contribution in [-0.4, -0.2) is 404 Å². The molecule has 20 N–H and O–H groups in total. The highest BCUT2D eigenvalue weighted by atomic mass is 16.7. The second-order valence-electron chi connectivity index (χ2n) is 32.7. The highest BCUT2D eigenvalue weighted by molar-refractivity contribution is 6.03. The molecule has 24 atom stereocenters. The van der Waals surface area contributed by atoms with Crippen LogP contribution in [0.5, 0.6) is 0 Å². The van der Waals surface area contributed by atoms with E-state index < -0.39 is 244 Å². The molecule has 6 rings (SSSR count). The number of aliphatic hydroxyl groups excluding tert-OH is 13. The number of amides is 8. The molecule has 5 saturated heterocycles. The van der Waals surface area contributed by atoms with Crippen LogP contribution in [0.15, 0.2) is 18.2 Å². The number of Topliss-reactive ketones (excluding diaryl/α,β-unsaturated/α-hetero) is 3. The normalized spacial score (nSPS) is 29.6. The first-order valence-electron chi connectivity index (χ1n) is 42.8. The average Bonchev–Trinajstić information content (AvgIpc) is 1.61. The van der Waals surface area contributed by atoms with Crippen LogP contribution in [0.3, 0.4) is 0 Å². The number of carbonyl (C=O) groups is 11. The lowest BCUT2D eigenvalue weighted by molar-refractivity contribution is -0.284. The van der Waals surface area contributed by atoms with Crippen LogP contribution in [-0.2, 0) is 106 Å². The van der Waals surface area contributed by atoms with E-state index in [2.05, 4.69) is 37.2 Å². The number of hydrogen-bond donors (Lipinski definition) is 20. The SMILES string of the molecule is CC[C@@]1(C)CN(C(=O)CCC(=O)NCC(=O)Cc2cc(C(=O)NC(CCC(=O)NCCOCCOC3O[C@H](CO)[C@H](O)[C@H](O)[C@H]3NC(C)=O)C(=O)CCCOCCOC3O[C@H](CO)[C@H](O)[C@H](O)[C@H]3NC(C)=O)cc(C(=O)NC(CCC(=O)CCCOCCOC3O[C@H](CO)[C@H](O)[C@H](O)[C@H]3C)C(=O)NCCOCCOC3O[C@H](CO)[C@H](O)[C@H](O)[C@H]3C)c2)C[C@@]1(C)CO. The van der Waals surface area contributed by atoms with Crippen LogP contribution in [0.1, 0.15) is 145 Å². The summed E-state index contributed by atoms with van der Waals surface area (Å²) in [7, 11) is 0. The maximum atomic E-state index is 14.9. The average molecular weight is 1810 g/mol. The summed E-state index contributed by atoms with van der Waals surface area (Å²) < 4.78 is 67.8. The first kappa shape index (κ1) is 108. The third kappa shape index (κ3) is 33.1. The van der Waals surface area contributed by atoms with E-state index in [4.69, 9.17) is 56.8 Å². The number of ether oxygens (including phenoxy) is 12. The molecule has 6 unspecified atom stereocenters. The second-order valence-corrected chi connectivity index (χ2v) is 32.7. The van der Waals surface area contributed by atoms with Crippen molar-refractivity contribution in [3.05, 3.63) is 34.9 Å². The van der Waals surface area contributed by atoms with E-state index in [9.17, 15) is 119 Å². The van der Waals surface area contributed by atoms with E-state index in [1.165, 1.54) is 26.0 Å². The number of nitrogens with zero attached hydrogens (tertiary/aromatic N) is 1. The fourth-order valence-corrected chi connectivity index (χ4v) is 15.0. The Morgan fingerprint density at radius 1 is 0.452 bits per heavy atom. The highest BCUT2D eigenvalue weighted by Gasteiger charge is 2.53. The zero-order chi connectivity index (χ0) is 93.0. The molecule has 0 spiro atoms. The lowest BCUT2D eigenvalue weighted by Crippen LogP contribution is -2.64. The molecular weight excluding hydrogens is 1670 g/mol. The van der Waals surface area contributed by atoms with Gasteiger partial charge < -0.3 is 165 Å². The van der Waals surface area contributed by atoms with E-state index in [0.29, 0.717) is 13.0 Å². The fourth-order valence-electron chi connectivity index (χ4n) is 15.0. The van der Waals surface area contributed by atoms with E-state index in [0.717, 1.165) is 6.07 Å². The maximum absolute atomic E-state index is 14.9. The first-order valence-corrected chi connectivity index (χ1v) is 42.8. The second kappa shape index (κ2) is 54.6. The largest absolute Gasteiger partial charge is 0.396 e. The Bertz CT molecular complexity index is 3580. The molecule has 126 heavy (non-hydrogen) atoms. The lowest BCUT2D eigenvalue weighted by Gasteiger charge is -2.42. The minimum Gasteiger partial charge on any atom is -0.396 e. The van der Waals surface area contributed by atoms with Gasteiger partial charge in [0.2, 0.25) is 35.4 Å². The summed E-state index contributed by atoms with van der Waals surface area (Å²) in [6, 6.07) is -1.85. The van der Waals surface area contributed by atoms with Crippen LogP contribution in [0.4, 0.5) is 0 Å². The number of rotatable bonds is 57. The summed E-state index contributed by atoms with van der Waals surface area (Å²) in [6.07, 6.45) is -22.7. The lowest BCUT2D eigenvalue weighted by atomic mass is 9.67. The van der Waals surface area contributed by atoms with E-state index in [1.807, 2.05) is 20.8 Å². The van der Waals surface area contributed by atoms with Gasteiger partial charge in [0, 0.05) is 127 Å². The van der Waals surface area contributed by atoms with Crippen molar-refractivity contribution >= 4 is 64.6 Å². The number of hydrogen-bond acceptors (Lipinski definition) is 36. The van der Waals surface area contributed by atoms with Gasteiger partial charge >= 0.3 is 0 Å². The Morgan fingerprint density at radius 2 is 0.865 bits per heavy atom. The molecule has 44 heteroatoms. The van der Waals surface area contributed by atoms with Gasteiger partial charge in [0.1, 0.15) is 84.9 Å². The van der Waals surface area contributed by atoms with Gasteiger partial charge in [-0.2, -0.15) is 0 Å². The van der Waals surface area contributed by atoms with Crippen molar-refractivity contribution in [2.75, 3.05) is 145 Å². The number of ketones is 3. The molecule has 718 valence electrons. The molecule has 5 aliphatic rings. The number of aliphatic hydroxyl groups is 13. The molecule has 0 saturated carbocycles. The number of benzene rings is 1. The van der Waals surface area contributed by atoms with Crippen molar-refractivity contribution in [3.8, 4) is 0 Å². The quantitative estimate of drug-likeness (QED) is 0.0270. The van der Waals surface area contributed by atoms with E-state index >= 15 is 0 Å². The van der Waals surface area contributed by atoms with Crippen molar-refractivity contribution in [1.82, 2.24) is 42.1 Å². The van der Waals surface area contributed by atoms with Crippen molar-refractivity contribution in [1.29, 1.82) is 0 Å². The standard InChI is InChI=1S/C82H134N8O36/c1-8-81(6)42-90(43-82(81,7)44-95)63(103)18-17-62(102)85-37-53(99)35-49-33-50(36-51(34-49)75(113)89-55(76(114)84-20-24-118-27-30-120-78-46(3)67(105)69(107)58(39-92)124-78)14-13-52(98)11-9-21-115-25-29-119-77-45(2)66(104)68(106)57(38-91)123-77)74(112)88-54(56(100)12-10-22-116-26-31-121-79-64(86-47(4)96)72(110)70(108)59(40-93)125-79)15-16-61(101)83-19-23-117-28-32-122-80-65(87-48(5)97)73(111)71(109)60(41-94)126-80/h33-34,36,45-46,54-55,57-60,64-73,77-80,91-95,104-111H,8-32,35,37-44H2,1-7H3,(H,83,101)(H,84,114)(H,85,102)(H,86,96)(H,87,97)(H,88,112)(H,89,113)/t45-,46-,54?,55?,57-,58-,59-,60-,64-,65-,66-,67-,68+,69+,70+,71+,72-,73-,77?,78?,79?,80?,81+,82+/m1/s1. The van der Waals surface area contributed by atoms with Crippen LogP contribution in [0.25, 0.3) is 0 Å². The summed E-state index contributed by atoms with van der Waals surface area (Å²) in [5.41, 5.74) is -1.66. The van der Waals surface area contributed by atoms with Crippen LogP contribution >= 0.6 is 0 Å². The van der Waals surface area contributed by atoms with Crippen molar-refractivity contribution in [3.63, 3.8) is 0 Å². The van der Waals surface area contributed by atoms with E-state index in [1.54, 1.807) is 18.7 Å². The minimum absolute atomic E-state index is 0.00379. The Labute approximate surface area is 730 Å². The molecule has 5 fully saturated rings. The van der Waals surface area contributed by atoms with Crippen LogP contribution < -0.4 is 37.2 Å². The van der Waals surface area contributed by atoms with Crippen LogP contribution in [0, 0.1) is 22.7 Å². The molecule has 5 aliphatic heterocycles. The van der Waals surface area contributed by atoms with Crippen molar-refractivity contribution in [2.45, 2.75) is 248 Å². The summed E-state index contributed by atoms with van der Waals surface area (Å²) in [4.78, 5) is 152. The third-order valence-corrected chi connectivity index (χ3v) is 23.2. The smallest absolute Gasteiger partial charge is 0.251 e. The Kier molecular flexibility index (Phi) is 46.7. The number of likely N-dealkylation sites (tertiary alicyclic amines) is 1. The van der Waals surface area contributed by atoms with Crippen molar-refractivity contribution in [2.24, 2.45) is 22.7 Å². The minimum atomic E-state index is -1.59. The summed E-state index contributed by atoms with van der Waals surface area (Å²) >= 11 is 0. The Hall–Kier alpha value is -7.01. The molecule has 8 amide bonds. The van der Waals surface area contributed by atoms with Gasteiger partial charge in [0.25, 0.3) is 11.8 Å². The monoisotopic (exact) mass is 1810 g/mol. The van der Waals surface area contributed by atoms with E-state index in [-0.39, 0.29) is 192 Å². The predicted octanol–water partition coefficient (Wildman–Crippen LogP) is -7.19. The Morgan fingerprint density at radius 3 is 1.32 bits per heavy atom. The summed E-state index contributed by atoms with van der Waals surface area (Å²) in [5, 5.41) is 151. The molecule has 0 aliphatic carbocycles. The zero-order valence-electron chi connectivity index (χ0n) is 72.6. The van der Waals surface area contributed by atoms with Gasteiger partial charge in [-0.05, 0) is 61.3 Å². The Balaban J connectivity index is 1.20. The number of carbonyl (C=O) groups excluding carboxylic acids is 11. The molecule has 1 aromatic rings. The summed E-state index contributed by atoms with van der Waals surface area (Å²) in [5.74, 6) is -8.59. The van der Waals surface area contributed by atoms with Gasteiger partial charge in [-0.15, -0.1) is 0 Å². The van der Waals surface area contributed by atoms with Gasteiger partial charge in [-0.3, -0.25) is 52.7 Å². The zero-order valence-corrected chi connectivity index (χ0v) is 72.6. The molecule has 1 aromatic carbocycles. The molecule has 0 radical (unpaired) electrons. The summed E-state index contributed by atoms with van der Waals surface area (Å²) in [6.45, 7) is 7.32. The molecule has 0 aromatic heterocycles. The molecular formula is C82H134N8O36. The van der Waals surface area contributed by atoms with Crippen LogP contribution in [0.2, 0.25) is 0 Å². The van der Waals surface area contributed by atoms with Crippen molar-refractivity contribution < 1.29 is 176 Å². The molecule has 5 heterocycles. The topological polar surface area (TPSA) is 649 Å². The highest BCUT2D eigenvalue weighted by Crippen LogP contribution is 2.48. The fraction of sp³-hybridized carbons (Fsp3) is 0.793. The third-order valence-electron chi connectivity index (χ3n) is 23.2. The van der Waals surface area contributed by atoms with Gasteiger partial charge in [-0.25, -0.2) is 0 Å². The number of nitrogens with one attached hydrogen (secondary N) is 7. The maximum Gasteiger partial charge on any atom is 0.251 e. The van der Waals surface area contributed by atoms with Gasteiger partial charge in [0.15, 0.2) is 36.7 Å².